The first-order valence-corrected chi connectivity index (χ1v) is 7.84. The number of imidazole rings is 1. The van der Waals surface area contributed by atoms with Gasteiger partial charge >= 0.3 is 5.69 Å². The van der Waals surface area contributed by atoms with Gasteiger partial charge in [-0.1, -0.05) is 0 Å². The number of aromatic nitrogens is 2. The SMILES string of the molecule is CNC1CCN(S(=O)(=O)c2ccc3[nH]c(=O)[nH]c3c2)C1. The van der Waals surface area contributed by atoms with E-state index in [9.17, 15) is 13.2 Å². The number of hydrogen-bond acceptors (Lipinski definition) is 4. The monoisotopic (exact) mass is 296 g/mol. The second-order valence-electron chi connectivity index (χ2n) is 4.92. The highest BCUT2D eigenvalue weighted by molar-refractivity contribution is 7.89. The molecule has 0 amide bonds. The van der Waals surface area contributed by atoms with Crippen LogP contribution in [0.3, 0.4) is 0 Å². The van der Waals surface area contributed by atoms with E-state index in [0.717, 1.165) is 6.42 Å². The van der Waals surface area contributed by atoms with Crippen molar-refractivity contribution in [3.63, 3.8) is 0 Å². The van der Waals surface area contributed by atoms with Gasteiger partial charge in [0.2, 0.25) is 10.0 Å². The summed E-state index contributed by atoms with van der Waals surface area (Å²) in [6.45, 7) is 0.982. The predicted octanol–water partition coefficient (Wildman–Crippen LogP) is -0.161. The molecule has 108 valence electrons. The highest BCUT2D eigenvalue weighted by Crippen LogP contribution is 2.22. The van der Waals surface area contributed by atoms with E-state index in [1.807, 2.05) is 7.05 Å². The molecule has 8 heteroatoms. The van der Waals surface area contributed by atoms with Gasteiger partial charge in [-0.15, -0.1) is 0 Å². The fourth-order valence-corrected chi connectivity index (χ4v) is 4.03. The topological polar surface area (TPSA) is 98.1 Å². The molecule has 0 aliphatic carbocycles. The van der Waals surface area contributed by atoms with Crippen molar-refractivity contribution in [2.45, 2.75) is 17.4 Å². The van der Waals surface area contributed by atoms with Crippen molar-refractivity contribution < 1.29 is 8.42 Å². The Labute approximate surface area is 116 Å². The molecule has 1 aliphatic heterocycles. The second kappa shape index (κ2) is 4.72. The van der Waals surface area contributed by atoms with Crippen LogP contribution in [0.15, 0.2) is 27.9 Å². The van der Waals surface area contributed by atoms with Gasteiger partial charge in [0.25, 0.3) is 0 Å². The molecule has 1 atom stereocenters. The van der Waals surface area contributed by atoms with Crippen LogP contribution in [0.2, 0.25) is 0 Å². The van der Waals surface area contributed by atoms with Crippen LogP contribution in [0, 0.1) is 0 Å². The van der Waals surface area contributed by atoms with Gasteiger partial charge in [0.15, 0.2) is 0 Å². The van der Waals surface area contributed by atoms with Crippen molar-refractivity contribution >= 4 is 21.1 Å². The summed E-state index contributed by atoms with van der Waals surface area (Å²) in [7, 11) is -1.68. The Morgan fingerprint density at radius 2 is 2.05 bits per heavy atom. The number of likely N-dealkylation sites (N-methyl/N-ethyl adjacent to an activating group) is 1. The van der Waals surface area contributed by atoms with Crippen LogP contribution in [0.4, 0.5) is 0 Å². The second-order valence-corrected chi connectivity index (χ2v) is 6.86. The predicted molar refractivity (Wildman–Crippen MR) is 75.1 cm³/mol. The first-order valence-electron chi connectivity index (χ1n) is 6.40. The smallest absolute Gasteiger partial charge is 0.316 e. The quantitative estimate of drug-likeness (QED) is 0.733. The summed E-state index contributed by atoms with van der Waals surface area (Å²) in [6.07, 6.45) is 0.805. The van der Waals surface area contributed by atoms with Crippen LogP contribution in [-0.2, 0) is 10.0 Å². The lowest BCUT2D eigenvalue weighted by molar-refractivity contribution is 0.464. The minimum atomic E-state index is -3.51. The summed E-state index contributed by atoms with van der Waals surface area (Å²) in [6, 6.07) is 4.82. The molecule has 1 saturated heterocycles. The number of H-pyrrole nitrogens is 2. The Bertz CT molecular complexity index is 792. The van der Waals surface area contributed by atoms with E-state index in [0.29, 0.717) is 24.1 Å². The molecule has 7 nitrogen and oxygen atoms in total. The highest BCUT2D eigenvalue weighted by atomic mass is 32.2. The van der Waals surface area contributed by atoms with Crippen molar-refractivity contribution in [1.29, 1.82) is 0 Å². The number of nitrogens with zero attached hydrogens (tertiary/aromatic N) is 1. The lowest BCUT2D eigenvalue weighted by Crippen LogP contribution is -2.33. The molecule has 3 N–H and O–H groups in total. The zero-order chi connectivity index (χ0) is 14.3. The van der Waals surface area contributed by atoms with E-state index in [2.05, 4.69) is 15.3 Å². The zero-order valence-corrected chi connectivity index (χ0v) is 11.8. The minimum Gasteiger partial charge on any atom is -0.316 e. The molecule has 1 fully saturated rings. The van der Waals surface area contributed by atoms with Crippen LogP contribution in [-0.4, -0.2) is 48.9 Å². The molecule has 20 heavy (non-hydrogen) atoms. The third-order valence-electron chi connectivity index (χ3n) is 3.68. The molecule has 1 aromatic carbocycles. The van der Waals surface area contributed by atoms with Crippen LogP contribution in [0.25, 0.3) is 11.0 Å². The lowest BCUT2D eigenvalue weighted by atomic mass is 10.3. The number of sulfonamides is 1. The summed E-state index contributed by atoms with van der Waals surface area (Å²) >= 11 is 0. The highest BCUT2D eigenvalue weighted by Gasteiger charge is 2.31. The van der Waals surface area contributed by atoms with E-state index < -0.39 is 10.0 Å². The van der Waals surface area contributed by atoms with Crippen molar-refractivity contribution in [3.05, 3.63) is 28.7 Å². The largest absolute Gasteiger partial charge is 0.323 e. The maximum Gasteiger partial charge on any atom is 0.323 e. The van der Waals surface area contributed by atoms with Gasteiger partial charge in [-0.25, -0.2) is 13.2 Å². The van der Waals surface area contributed by atoms with Gasteiger partial charge in [-0.2, -0.15) is 4.31 Å². The van der Waals surface area contributed by atoms with Crippen LogP contribution in [0.5, 0.6) is 0 Å². The Kier molecular flexibility index (Phi) is 3.15. The summed E-state index contributed by atoms with van der Waals surface area (Å²) in [5.74, 6) is 0. The number of nitrogens with one attached hydrogen (secondary N) is 3. The van der Waals surface area contributed by atoms with Crippen molar-refractivity contribution in [3.8, 4) is 0 Å². The molecule has 0 radical (unpaired) electrons. The van der Waals surface area contributed by atoms with E-state index in [1.54, 1.807) is 6.07 Å². The summed E-state index contributed by atoms with van der Waals surface area (Å²) < 4.78 is 26.6. The molecular weight excluding hydrogens is 280 g/mol. The van der Waals surface area contributed by atoms with E-state index in [4.69, 9.17) is 0 Å². The molecule has 2 aromatic rings. The molecule has 1 aromatic heterocycles. The third-order valence-corrected chi connectivity index (χ3v) is 5.55. The van der Waals surface area contributed by atoms with Crippen molar-refractivity contribution in [2.24, 2.45) is 0 Å². The van der Waals surface area contributed by atoms with E-state index >= 15 is 0 Å². The van der Waals surface area contributed by atoms with Crippen LogP contribution in [0.1, 0.15) is 6.42 Å². The summed E-state index contributed by atoms with van der Waals surface area (Å²) in [5, 5.41) is 3.09. The molecule has 1 aliphatic rings. The van der Waals surface area contributed by atoms with Crippen molar-refractivity contribution in [1.82, 2.24) is 19.6 Å². The maximum atomic E-state index is 12.5. The fraction of sp³-hybridized carbons (Fsp3) is 0.417. The first kappa shape index (κ1) is 13.3. The molecule has 0 bridgehead atoms. The van der Waals surface area contributed by atoms with Crippen molar-refractivity contribution in [2.75, 3.05) is 20.1 Å². The van der Waals surface area contributed by atoms with Crippen LogP contribution >= 0.6 is 0 Å². The zero-order valence-electron chi connectivity index (χ0n) is 11.0. The number of fused-ring (bicyclic) bond motifs is 1. The van der Waals surface area contributed by atoms with Gasteiger partial charge in [-0.05, 0) is 31.7 Å². The molecule has 0 spiro atoms. The normalized spacial score (nSPS) is 20.8. The molecule has 2 heterocycles. The maximum absolute atomic E-state index is 12.5. The number of rotatable bonds is 3. The Morgan fingerprint density at radius 1 is 1.30 bits per heavy atom. The molecule has 1 unspecified atom stereocenters. The first-order chi connectivity index (χ1) is 9.50. The van der Waals surface area contributed by atoms with Gasteiger partial charge in [0.1, 0.15) is 0 Å². The van der Waals surface area contributed by atoms with Gasteiger partial charge < -0.3 is 15.3 Å². The standard InChI is InChI=1S/C12H16N4O3S/c1-13-8-4-5-16(7-8)20(18,19)9-2-3-10-11(6-9)15-12(17)14-10/h2-3,6,8,13H,4-5,7H2,1H3,(H2,14,15,17). The Hall–Kier alpha value is -1.64. The van der Waals surface area contributed by atoms with Gasteiger partial charge in [0.05, 0.1) is 15.9 Å². The number of aromatic amines is 2. The molecule has 3 rings (SSSR count). The molecular formula is C12H16N4O3S. The molecule has 0 saturated carbocycles. The average Bonchev–Trinajstić information content (AvgIpc) is 3.02. The van der Waals surface area contributed by atoms with Gasteiger partial charge in [-0.3, -0.25) is 0 Å². The summed E-state index contributed by atoms with van der Waals surface area (Å²) in [5.41, 5.74) is 0.759. The van der Waals surface area contributed by atoms with Gasteiger partial charge in [0, 0.05) is 19.1 Å². The number of hydrogen-bond donors (Lipinski definition) is 3. The third kappa shape index (κ3) is 2.15. The average molecular weight is 296 g/mol. The Balaban J connectivity index is 1.98. The lowest BCUT2D eigenvalue weighted by Gasteiger charge is -2.16. The van der Waals surface area contributed by atoms with E-state index in [-0.39, 0.29) is 16.6 Å². The van der Waals surface area contributed by atoms with E-state index in [1.165, 1.54) is 16.4 Å². The Morgan fingerprint density at radius 3 is 2.75 bits per heavy atom. The van der Waals surface area contributed by atoms with Crippen LogP contribution < -0.4 is 11.0 Å². The summed E-state index contributed by atoms with van der Waals surface area (Å²) in [4.78, 5) is 16.6. The minimum absolute atomic E-state index is 0.195. The fourth-order valence-electron chi connectivity index (χ4n) is 2.50. The number of benzene rings is 1.